The average Bonchev–Trinajstić information content (AvgIpc) is 2.86. The number of benzene rings is 5. The van der Waals surface area contributed by atoms with Crippen molar-refractivity contribution in [3.8, 4) is 50.3 Å². The predicted octanol–water partition coefficient (Wildman–Crippen LogP) is 7.35. The Hall–Kier alpha value is -3.74. The van der Waals surface area contributed by atoms with Gasteiger partial charge in [-0.2, -0.15) is 0 Å². The zero-order chi connectivity index (χ0) is 21.9. The minimum absolute atomic E-state index is 0.212. The van der Waals surface area contributed by atoms with Gasteiger partial charge >= 0.3 is 0 Å². The number of rotatable bonds is 2. The molecule has 1 aliphatic carbocycles. The molecule has 0 fully saturated rings. The molecule has 1 aliphatic heterocycles. The van der Waals surface area contributed by atoms with Crippen LogP contribution in [0.4, 0.5) is 4.39 Å². The van der Waals surface area contributed by atoms with Gasteiger partial charge in [-0.15, -0.1) is 0 Å². The summed E-state index contributed by atoms with van der Waals surface area (Å²) in [6, 6.07) is 37.3. The highest BCUT2D eigenvalue weighted by atomic mass is 31.1. The van der Waals surface area contributed by atoms with Crippen LogP contribution < -0.4 is 15.1 Å². The van der Waals surface area contributed by atoms with Gasteiger partial charge in [0.1, 0.15) is 11.6 Å². The molecular formula is C30H17FOP. The van der Waals surface area contributed by atoms with Gasteiger partial charge in [-0.3, -0.25) is 0 Å². The second-order valence-electron chi connectivity index (χ2n) is 8.22. The molecule has 1 nitrogen and oxygen atoms in total. The minimum Gasteiger partial charge on any atom is -0.464 e. The lowest BCUT2D eigenvalue weighted by Gasteiger charge is -2.34. The molecule has 0 spiro atoms. The molecule has 5 aromatic rings. The van der Waals surface area contributed by atoms with E-state index in [1.165, 1.54) is 16.9 Å². The molecule has 5 aromatic carbocycles. The van der Waals surface area contributed by atoms with Crippen LogP contribution >= 0.6 is 8.15 Å². The second kappa shape index (κ2) is 7.13. The minimum atomic E-state index is -1.08. The number of hydrogen-bond donors (Lipinski definition) is 0. The van der Waals surface area contributed by atoms with E-state index >= 15 is 0 Å². The maximum absolute atomic E-state index is 14.8. The third-order valence-electron chi connectivity index (χ3n) is 6.43. The molecule has 155 valence electrons. The highest BCUT2D eigenvalue weighted by molar-refractivity contribution is 7.69. The Morgan fingerprint density at radius 3 is 2.15 bits per heavy atom. The van der Waals surface area contributed by atoms with E-state index in [0.29, 0.717) is 5.56 Å². The van der Waals surface area contributed by atoms with E-state index in [2.05, 4.69) is 60.7 Å². The van der Waals surface area contributed by atoms with Crippen molar-refractivity contribution in [2.45, 2.75) is 0 Å². The zero-order valence-electron chi connectivity index (χ0n) is 17.5. The molecule has 1 atom stereocenters. The van der Waals surface area contributed by atoms with Crippen molar-refractivity contribution in [3.63, 3.8) is 0 Å². The van der Waals surface area contributed by atoms with Gasteiger partial charge in [0.15, 0.2) is 8.15 Å². The molecule has 1 heterocycles. The van der Waals surface area contributed by atoms with Crippen LogP contribution in [-0.2, 0) is 0 Å². The van der Waals surface area contributed by atoms with Crippen LogP contribution in [0.5, 0.6) is 5.75 Å². The zero-order valence-corrected chi connectivity index (χ0v) is 18.4. The summed E-state index contributed by atoms with van der Waals surface area (Å²) in [7, 11) is -1.08. The summed E-state index contributed by atoms with van der Waals surface area (Å²) in [5, 5.41) is 2.37. The van der Waals surface area contributed by atoms with E-state index in [1.54, 1.807) is 6.07 Å². The number of hydrogen-bond acceptors (Lipinski definition) is 1. The third-order valence-corrected chi connectivity index (χ3v) is 8.45. The average molecular weight is 443 g/mol. The van der Waals surface area contributed by atoms with Crippen molar-refractivity contribution in [3.05, 3.63) is 115 Å². The topological polar surface area (TPSA) is 9.23 Å². The second-order valence-corrected chi connectivity index (χ2v) is 9.95. The molecule has 0 N–H and O–H groups in total. The van der Waals surface area contributed by atoms with Crippen LogP contribution in [-0.4, -0.2) is 0 Å². The fourth-order valence-corrected chi connectivity index (χ4v) is 7.07. The Morgan fingerprint density at radius 1 is 0.576 bits per heavy atom. The lowest BCUT2D eigenvalue weighted by Crippen LogP contribution is -2.24. The van der Waals surface area contributed by atoms with Crippen LogP contribution in [0, 0.1) is 11.9 Å². The summed E-state index contributed by atoms with van der Waals surface area (Å²) in [4.78, 5) is 0. The summed E-state index contributed by atoms with van der Waals surface area (Å²) < 4.78 is 21.5. The SMILES string of the molecule is Fc1ccccc1-c1cc[c]c2c1-c1c-2cccc1P1Oc2ccccc2-c2ccccc21. The Bertz CT molecular complexity index is 1570. The molecule has 0 aromatic heterocycles. The summed E-state index contributed by atoms with van der Waals surface area (Å²) in [6.45, 7) is 0. The van der Waals surface area contributed by atoms with Crippen molar-refractivity contribution in [2.75, 3.05) is 0 Å². The molecule has 3 heteroatoms. The summed E-state index contributed by atoms with van der Waals surface area (Å²) in [5.41, 5.74) is 8.29. The van der Waals surface area contributed by atoms with Crippen molar-refractivity contribution in [2.24, 2.45) is 0 Å². The predicted molar refractivity (Wildman–Crippen MR) is 134 cm³/mol. The van der Waals surface area contributed by atoms with Crippen LogP contribution in [0.1, 0.15) is 0 Å². The molecule has 1 unspecified atom stereocenters. The van der Waals surface area contributed by atoms with E-state index in [4.69, 9.17) is 4.52 Å². The maximum atomic E-state index is 14.8. The van der Waals surface area contributed by atoms with Crippen molar-refractivity contribution >= 4 is 18.8 Å². The smallest absolute Gasteiger partial charge is 0.152 e. The van der Waals surface area contributed by atoms with Gasteiger partial charge in [0.2, 0.25) is 0 Å². The third kappa shape index (κ3) is 2.68. The molecule has 0 saturated carbocycles. The van der Waals surface area contributed by atoms with Gasteiger partial charge in [0.25, 0.3) is 0 Å². The van der Waals surface area contributed by atoms with Gasteiger partial charge in [-0.25, -0.2) is 4.39 Å². The van der Waals surface area contributed by atoms with E-state index in [-0.39, 0.29) is 5.82 Å². The first kappa shape index (κ1) is 18.8. The van der Waals surface area contributed by atoms with E-state index in [9.17, 15) is 4.39 Å². The Balaban J connectivity index is 1.45. The van der Waals surface area contributed by atoms with Crippen molar-refractivity contribution in [1.82, 2.24) is 0 Å². The highest BCUT2D eigenvalue weighted by Crippen LogP contribution is 2.56. The first-order valence-electron chi connectivity index (χ1n) is 10.9. The maximum Gasteiger partial charge on any atom is 0.152 e. The van der Waals surface area contributed by atoms with Gasteiger partial charge < -0.3 is 4.52 Å². The fourth-order valence-electron chi connectivity index (χ4n) is 4.97. The summed E-state index contributed by atoms with van der Waals surface area (Å²) in [5.74, 6) is 0.698. The van der Waals surface area contributed by atoms with Gasteiger partial charge in [0.05, 0.1) is 0 Å². The molecule has 1 radical (unpaired) electrons. The molecule has 0 bridgehead atoms. The largest absolute Gasteiger partial charge is 0.464 e. The molecule has 0 saturated heterocycles. The molecule has 33 heavy (non-hydrogen) atoms. The molecule has 2 aliphatic rings. The summed E-state index contributed by atoms with van der Waals surface area (Å²) in [6.07, 6.45) is 0. The first-order chi connectivity index (χ1) is 16.3. The monoisotopic (exact) mass is 443 g/mol. The number of fused-ring (bicyclic) bond motifs is 7. The standard InChI is InChI=1S/C30H17FOP/c31-25-15-4-1-9-19(25)22-12-7-13-23-24-14-8-18-28(30(24)29(22)23)33-27-17-6-3-11-21(27)20-10-2-5-16-26(20)32-33/h1-12,14-18H. The van der Waals surface area contributed by atoms with E-state index < -0.39 is 8.15 Å². The molecular weight excluding hydrogens is 426 g/mol. The quantitative estimate of drug-likeness (QED) is 0.254. The normalized spacial score (nSPS) is 14.8. The number of para-hydroxylation sites is 1. The van der Waals surface area contributed by atoms with Crippen LogP contribution in [0.25, 0.3) is 44.5 Å². The van der Waals surface area contributed by atoms with Crippen molar-refractivity contribution in [1.29, 1.82) is 0 Å². The van der Waals surface area contributed by atoms with Crippen LogP contribution in [0.3, 0.4) is 0 Å². The van der Waals surface area contributed by atoms with Crippen LogP contribution in [0.2, 0.25) is 0 Å². The molecule has 7 rings (SSSR count). The molecule has 0 amide bonds. The lowest BCUT2D eigenvalue weighted by atomic mass is 9.76. The van der Waals surface area contributed by atoms with Gasteiger partial charge in [-0.1, -0.05) is 91.0 Å². The Kier molecular flexibility index (Phi) is 4.06. The van der Waals surface area contributed by atoms with Crippen LogP contribution in [0.15, 0.2) is 103 Å². The van der Waals surface area contributed by atoms with E-state index in [0.717, 1.165) is 44.4 Å². The van der Waals surface area contributed by atoms with Crippen molar-refractivity contribution < 1.29 is 8.91 Å². The Morgan fingerprint density at radius 2 is 1.27 bits per heavy atom. The van der Waals surface area contributed by atoms with Gasteiger partial charge in [-0.05, 0) is 46.0 Å². The Labute approximate surface area is 193 Å². The first-order valence-corrected chi connectivity index (χ1v) is 12.2. The van der Waals surface area contributed by atoms with Gasteiger partial charge in [0, 0.05) is 27.3 Å². The van der Waals surface area contributed by atoms with E-state index in [1.807, 2.05) is 36.4 Å². The summed E-state index contributed by atoms with van der Waals surface area (Å²) >= 11 is 0. The fraction of sp³-hybridized carbons (Fsp3) is 0. The highest BCUT2D eigenvalue weighted by Gasteiger charge is 2.35. The lowest BCUT2D eigenvalue weighted by molar-refractivity contribution is 0.629. The number of halogens is 1.